The quantitative estimate of drug-likeness (QED) is 0.387. The van der Waals surface area contributed by atoms with E-state index < -0.39 is 23.2 Å². The maximum Gasteiger partial charge on any atom is -1.00 e. The first-order chi connectivity index (χ1) is 13.0. The van der Waals surface area contributed by atoms with Crippen molar-refractivity contribution < 1.29 is 48.0 Å². The Hall–Kier alpha value is 0.303. The molecule has 0 amide bonds. The van der Waals surface area contributed by atoms with Crippen molar-refractivity contribution in [3.63, 3.8) is 0 Å². The minimum Gasteiger partial charge on any atom is -1.00 e. The van der Waals surface area contributed by atoms with Crippen LogP contribution in [0, 0.1) is 0 Å². The second kappa shape index (κ2) is 9.43. The van der Waals surface area contributed by atoms with Gasteiger partial charge in [0.25, 0.3) is 0 Å². The predicted molar refractivity (Wildman–Crippen MR) is 120 cm³/mol. The Morgan fingerprint density at radius 3 is 1.90 bits per heavy atom. The molecule has 146 valence electrons. The van der Waals surface area contributed by atoms with Crippen molar-refractivity contribution >= 4 is 53.9 Å². The van der Waals surface area contributed by atoms with E-state index in [4.69, 9.17) is 0 Å². The second-order valence-electron chi connectivity index (χ2n) is 7.13. The summed E-state index contributed by atoms with van der Waals surface area (Å²) in [6.45, 7) is 2.32. The van der Waals surface area contributed by atoms with Crippen molar-refractivity contribution in [2.45, 2.75) is 14.2 Å². The largest absolute Gasteiger partial charge is 1.00 e. The summed E-state index contributed by atoms with van der Waals surface area (Å²) >= 11 is 10.3. The minimum absolute atomic E-state index is 0. The molecule has 0 fully saturated rings. The zero-order chi connectivity index (χ0) is 18.7. The molecule has 0 N–H and O–H groups in total. The molecule has 0 radical (unpaired) electrons. The molecular weight excluding hydrogens is 678 g/mol. The summed E-state index contributed by atoms with van der Waals surface area (Å²) in [7, 11) is 0. The first-order valence-corrected chi connectivity index (χ1v) is 14.1. The Balaban J connectivity index is 0.00000120. The van der Waals surface area contributed by atoms with E-state index >= 15 is 0 Å². The van der Waals surface area contributed by atoms with Gasteiger partial charge in [-0.3, -0.25) is 0 Å². The molecule has 0 bridgehead atoms. The zero-order valence-corrected chi connectivity index (χ0v) is 24.0. The number of halogens is 5. The van der Waals surface area contributed by atoms with Crippen molar-refractivity contribution in [3.8, 4) is 11.1 Å². The third-order valence-corrected chi connectivity index (χ3v) is 12.2. The summed E-state index contributed by atoms with van der Waals surface area (Å²) in [5.41, 5.74) is 10.3. The average molecular weight is 693 g/mol. The van der Waals surface area contributed by atoms with Gasteiger partial charge in [0.05, 0.1) is 0 Å². The summed E-state index contributed by atoms with van der Waals surface area (Å²) in [5.74, 6) is 0. The summed E-state index contributed by atoms with van der Waals surface area (Å²) in [4.78, 5) is 0. The van der Waals surface area contributed by atoms with Crippen molar-refractivity contribution in [1.82, 2.24) is 0 Å². The van der Waals surface area contributed by atoms with Crippen LogP contribution in [-0.4, -0.2) is 0 Å². The Labute approximate surface area is 220 Å². The van der Waals surface area contributed by atoms with Crippen molar-refractivity contribution in [2.75, 3.05) is 0 Å². The van der Waals surface area contributed by atoms with Crippen LogP contribution in [0.5, 0.6) is 0 Å². The van der Waals surface area contributed by atoms with E-state index in [1.807, 2.05) is 0 Å². The van der Waals surface area contributed by atoms with E-state index in [1.165, 1.54) is 52.4 Å². The Morgan fingerprint density at radius 2 is 1.31 bits per heavy atom. The number of benzene rings is 3. The van der Waals surface area contributed by atoms with Gasteiger partial charge in [-0.15, -0.1) is 0 Å². The molecule has 1 atom stereocenters. The first kappa shape index (κ1) is 24.0. The molecule has 3 aromatic carbocycles. The Kier molecular flexibility index (Phi) is 7.79. The molecule has 3 aromatic rings. The van der Waals surface area contributed by atoms with Gasteiger partial charge in [0.15, 0.2) is 0 Å². The van der Waals surface area contributed by atoms with E-state index in [0.717, 1.165) is 0 Å². The fraction of sp³-hybridized carbons (Fsp3) is 0.130. The summed E-state index contributed by atoms with van der Waals surface area (Å²) in [6.07, 6.45) is 2.39. The molecule has 0 saturated carbocycles. The zero-order valence-electron chi connectivity index (χ0n) is 15.3. The number of rotatable bonds is 2. The summed E-state index contributed by atoms with van der Waals surface area (Å²) in [6, 6.07) is 20.3. The minimum atomic E-state index is -0.843. The second-order valence-corrected chi connectivity index (χ2v) is 13.5. The van der Waals surface area contributed by atoms with Crippen LogP contribution in [0.25, 0.3) is 17.2 Å². The topological polar surface area (TPSA) is 0 Å². The molecule has 0 nitrogen and oxygen atoms in total. The molecule has 29 heavy (non-hydrogen) atoms. The molecule has 0 spiro atoms. The maximum atomic E-state index is 3.75. The first-order valence-electron chi connectivity index (χ1n) is 8.85. The predicted octanol–water partition coefficient (Wildman–Crippen LogP) is 2.29. The molecular formula is C23H15Br3Cl2Zr. The fourth-order valence-corrected chi connectivity index (χ4v) is 10.3. The standard InChI is InChI=1S/C13H7Br2.C10H8Br.2ClH.Zr/c14-10-1-3-12-8(6-10)5-9-7-11(15)2-4-13(9)12;1-7-5-8-3-2-4-10(11)9(8)6-7;;;/h1-7H;2-6H,1H3;2*1H;/q;;;;+2/p-2. The van der Waals surface area contributed by atoms with Crippen LogP contribution in [-0.2, 0) is 23.2 Å². The van der Waals surface area contributed by atoms with Crippen LogP contribution in [0.1, 0.15) is 36.4 Å². The van der Waals surface area contributed by atoms with E-state index in [2.05, 4.69) is 115 Å². The van der Waals surface area contributed by atoms with E-state index in [-0.39, 0.29) is 24.8 Å². The van der Waals surface area contributed by atoms with E-state index in [1.54, 1.807) is 0 Å². The molecule has 2 aliphatic rings. The van der Waals surface area contributed by atoms with Gasteiger partial charge in [-0.05, 0) is 0 Å². The van der Waals surface area contributed by atoms with Crippen molar-refractivity contribution in [2.24, 2.45) is 0 Å². The fourth-order valence-electron chi connectivity index (χ4n) is 4.28. The summed E-state index contributed by atoms with van der Waals surface area (Å²) < 4.78 is 4.78. The smallest absolute Gasteiger partial charge is 1.00 e. The number of hydrogen-bond donors (Lipinski definition) is 0. The van der Waals surface area contributed by atoms with Gasteiger partial charge in [-0.1, -0.05) is 0 Å². The van der Waals surface area contributed by atoms with Gasteiger partial charge in [0.2, 0.25) is 0 Å². The third kappa shape index (κ3) is 4.20. The van der Waals surface area contributed by atoms with Crippen LogP contribution in [0.15, 0.2) is 73.6 Å². The van der Waals surface area contributed by atoms with Gasteiger partial charge in [0, 0.05) is 0 Å². The van der Waals surface area contributed by atoms with Crippen molar-refractivity contribution in [1.29, 1.82) is 0 Å². The van der Waals surface area contributed by atoms with E-state index in [9.17, 15) is 0 Å². The van der Waals surface area contributed by atoms with Gasteiger partial charge in [0.1, 0.15) is 0 Å². The van der Waals surface area contributed by atoms with Crippen LogP contribution >= 0.6 is 47.8 Å². The van der Waals surface area contributed by atoms with Crippen molar-refractivity contribution in [3.05, 3.63) is 95.8 Å². The molecule has 6 heteroatoms. The summed E-state index contributed by atoms with van der Waals surface area (Å²) in [5, 5.41) is 0. The SMILES string of the molecule is CC1=Cc2c(Br)cccc2[CH]1[Zr+2][CH]1c2cc(Br)ccc2-c2ccc(Br)cc21.[Cl-].[Cl-]. The molecule has 2 aliphatic carbocycles. The molecule has 0 aliphatic heterocycles. The third-order valence-electron chi connectivity index (χ3n) is 5.50. The van der Waals surface area contributed by atoms with E-state index in [0.29, 0.717) is 7.25 Å². The molecule has 0 aromatic heterocycles. The maximum absolute atomic E-state index is 3.75. The van der Waals surface area contributed by atoms with Crippen LogP contribution in [0.2, 0.25) is 0 Å². The van der Waals surface area contributed by atoms with Crippen LogP contribution in [0.4, 0.5) is 0 Å². The Bertz CT molecular complexity index is 1080. The van der Waals surface area contributed by atoms with Gasteiger partial charge >= 0.3 is 198 Å². The Morgan fingerprint density at radius 1 is 0.724 bits per heavy atom. The molecule has 0 saturated heterocycles. The molecule has 0 heterocycles. The van der Waals surface area contributed by atoms with Gasteiger partial charge < -0.3 is 24.8 Å². The van der Waals surface area contributed by atoms with Crippen LogP contribution < -0.4 is 24.8 Å². The number of hydrogen-bond acceptors (Lipinski definition) is 0. The molecule has 5 rings (SSSR count). The number of fused-ring (bicyclic) bond motifs is 4. The number of allylic oxidation sites excluding steroid dienone is 1. The van der Waals surface area contributed by atoms with Gasteiger partial charge in [-0.25, -0.2) is 0 Å². The monoisotopic (exact) mass is 688 g/mol. The van der Waals surface area contributed by atoms with Gasteiger partial charge in [-0.2, -0.15) is 0 Å². The van der Waals surface area contributed by atoms with Crippen LogP contribution in [0.3, 0.4) is 0 Å². The molecule has 1 unspecified atom stereocenters. The average Bonchev–Trinajstić information content (AvgIpc) is 3.11. The normalized spacial score (nSPS) is 16.0.